The number of Topliss-reactive ketones (excluding diaryl/α,β-unsaturated/α-hetero) is 1. The Balaban J connectivity index is 2.53. The number of aromatic nitrogens is 2. The highest BCUT2D eigenvalue weighted by atomic mass is 19.4. The van der Waals surface area contributed by atoms with E-state index in [0.29, 0.717) is 5.70 Å². The Bertz CT molecular complexity index is 765. The minimum Gasteiger partial charge on any atom is -0.330 e. The highest BCUT2D eigenvalue weighted by Gasteiger charge is 2.40. The highest BCUT2D eigenvalue weighted by Crippen LogP contribution is 2.34. The van der Waals surface area contributed by atoms with E-state index in [0.717, 1.165) is 26.0 Å². The summed E-state index contributed by atoms with van der Waals surface area (Å²) in [6.45, 7) is 9.52. The van der Waals surface area contributed by atoms with Crippen LogP contribution in [-0.4, -0.2) is 45.2 Å². The molecule has 1 aliphatic rings. The summed E-state index contributed by atoms with van der Waals surface area (Å²) in [6.07, 6.45) is 0.0640. The van der Waals surface area contributed by atoms with Gasteiger partial charge in [-0.05, 0) is 25.2 Å². The molecular formula is C20H29F3N4O2. The number of alkyl halides is 3. The van der Waals surface area contributed by atoms with Crippen LogP contribution < -0.4 is 4.90 Å². The van der Waals surface area contributed by atoms with Crippen LogP contribution in [0.4, 0.5) is 19.1 Å². The smallest absolute Gasteiger partial charge is 0.330 e. The second kappa shape index (κ2) is 9.11. The Labute approximate surface area is 169 Å². The van der Waals surface area contributed by atoms with Crippen molar-refractivity contribution < 1.29 is 23.2 Å². The maximum Gasteiger partial charge on any atom is 0.434 e. The molecule has 162 valence electrons. The van der Waals surface area contributed by atoms with Gasteiger partial charge in [-0.15, -0.1) is 0 Å². The molecule has 2 unspecified atom stereocenters. The van der Waals surface area contributed by atoms with Crippen LogP contribution in [0.3, 0.4) is 0 Å². The lowest BCUT2D eigenvalue weighted by Gasteiger charge is -2.44. The molecular weight excluding hydrogens is 385 g/mol. The first-order valence-electron chi connectivity index (χ1n) is 9.87. The fourth-order valence-electron chi connectivity index (χ4n) is 3.71. The maximum atomic E-state index is 13.5. The van der Waals surface area contributed by atoms with E-state index in [1.54, 1.807) is 4.90 Å². The molecule has 29 heavy (non-hydrogen) atoms. The first-order valence-corrected chi connectivity index (χ1v) is 9.87. The monoisotopic (exact) mass is 414 g/mol. The van der Waals surface area contributed by atoms with E-state index in [1.807, 2.05) is 26.8 Å². The molecule has 0 radical (unpaired) electrons. The molecule has 0 bridgehead atoms. The van der Waals surface area contributed by atoms with Crippen molar-refractivity contribution in [3.63, 3.8) is 0 Å². The van der Waals surface area contributed by atoms with Crippen molar-refractivity contribution in [1.82, 2.24) is 15.0 Å². The Kier molecular flexibility index (Phi) is 7.26. The maximum absolute atomic E-state index is 13.5. The van der Waals surface area contributed by atoms with Crippen molar-refractivity contribution in [3.8, 4) is 0 Å². The molecule has 1 aliphatic heterocycles. The molecule has 1 saturated heterocycles. The third-order valence-corrected chi connectivity index (χ3v) is 5.00. The van der Waals surface area contributed by atoms with Crippen molar-refractivity contribution in [2.24, 2.45) is 11.8 Å². The molecule has 1 aromatic rings. The molecule has 0 spiro atoms. The van der Waals surface area contributed by atoms with Gasteiger partial charge in [-0.3, -0.25) is 15.1 Å². The van der Waals surface area contributed by atoms with Crippen LogP contribution in [0.2, 0.25) is 0 Å². The molecule has 1 N–H and O–H groups in total. The van der Waals surface area contributed by atoms with Gasteiger partial charge in [0, 0.05) is 12.7 Å². The zero-order chi connectivity index (χ0) is 21.9. The lowest BCUT2D eigenvalue weighted by atomic mass is 9.93. The van der Waals surface area contributed by atoms with E-state index >= 15 is 0 Å². The molecule has 0 saturated carbocycles. The van der Waals surface area contributed by atoms with Gasteiger partial charge in [-0.25, -0.2) is 9.97 Å². The number of anilines is 1. The number of hydroxylamine groups is 2. The van der Waals surface area contributed by atoms with Crippen molar-refractivity contribution >= 4 is 11.7 Å². The van der Waals surface area contributed by atoms with Gasteiger partial charge in [0.25, 0.3) is 0 Å². The SMILES string of the molecule is CCCC(C)/C=C1/C(C(C)C)N(c2ncc(C(C)=O)c(C(F)(F)F)n2)CCN1O. The standard InChI is InChI=1S/C20H29F3N4O2/c1-6-7-13(4)10-16-17(12(2)3)26(8-9-27(16)29)19-24-11-15(14(5)28)18(25-19)20(21,22)23/h10-13,17,29H,6-9H2,1-5H3/b16-10-. The van der Waals surface area contributed by atoms with Crippen LogP contribution >= 0.6 is 0 Å². The molecule has 0 amide bonds. The fraction of sp³-hybridized carbons (Fsp3) is 0.650. The third-order valence-electron chi connectivity index (χ3n) is 5.00. The van der Waals surface area contributed by atoms with Crippen molar-refractivity contribution in [2.75, 3.05) is 18.0 Å². The second-order valence-electron chi connectivity index (χ2n) is 7.85. The van der Waals surface area contributed by atoms with E-state index < -0.39 is 29.3 Å². The number of carbonyl (C=O) groups is 1. The minimum atomic E-state index is -4.76. The van der Waals surface area contributed by atoms with Crippen molar-refractivity contribution in [3.05, 3.63) is 29.2 Å². The summed E-state index contributed by atoms with van der Waals surface area (Å²) >= 11 is 0. The number of hydrogen-bond acceptors (Lipinski definition) is 6. The summed E-state index contributed by atoms with van der Waals surface area (Å²) in [5, 5.41) is 11.6. The number of allylic oxidation sites excluding steroid dienone is 1. The van der Waals surface area contributed by atoms with Gasteiger partial charge in [0.1, 0.15) is 0 Å². The Morgan fingerprint density at radius 3 is 2.52 bits per heavy atom. The van der Waals surface area contributed by atoms with E-state index in [-0.39, 0.29) is 30.9 Å². The van der Waals surface area contributed by atoms with E-state index in [2.05, 4.69) is 16.9 Å². The minimum absolute atomic E-state index is 0.0181. The van der Waals surface area contributed by atoms with Crippen LogP contribution in [0.5, 0.6) is 0 Å². The van der Waals surface area contributed by atoms with Gasteiger partial charge in [0.2, 0.25) is 5.95 Å². The first-order chi connectivity index (χ1) is 13.5. The lowest BCUT2D eigenvalue weighted by Crippen LogP contribution is -2.53. The van der Waals surface area contributed by atoms with Crippen molar-refractivity contribution in [1.29, 1.82) is 0 Å². The molecule has 6 nitrogen and oxygen atoms in total. The number of nitrogens with zero attached hydrogens (tertiary/aromatic N) is 4. The van der Waals surface area contributed by atoms with Crippen LogP contribution in [0.15, 0.2) is 18.0 Å². The first kappa shape index (κ1) is 23.1. The molecule has 2 rings (SSSR count). The molecule has 1 fully saturated rings. The number of piperazine rings is 1. The molecule has 2 heterocycles. The zero-order valence-corrected chi connectivity index (χ0v) is 17.5. The average molecular weight is 414 g/mol. The summed E-state index contributed by atoms with van der Waals surface area (Å²) in [5.41, 5.74) is -1.13. The molecule has 2 atom stereocenters. The number of hydrogen-bond donors (Lipinski definition) is 1. The molecule has 9 heteroatoms. The van der Waals surface area contributed by atoms with Gasteiger partial charge in [0.05, 0.1) is 23.8 Å². The Morgan fingerprint density at radius 2 is 2.00 bits per heavy atom. The van der Waals surface area contributed by atoms with Crippen LogP contribution in [0.25, 0.3) is 0 Å². The lowest BCUT2D eigenvalue weighted by molar-refractivity contribution is -0.141. The van der Waals surface area contributed by atoms with E-state index in [4.69, 9.17) is 0 Å². The summed E-state index contributed by atoms with van der Waals surface area (Å²) in [4.78, 5) is 21.1. The fourth-order valence-corrected chi connectivity index (χ4v) is 3.71. The molecule has 0 aromatic carbocycles. The Morgan fingerprint density at radius 1 is 1.34 bits per heavy atom. The summed E-state index contributed by atoms with van der Waals surface area (Å²) < 4.78 is 40.5. The second-order valence-corrected chi connectivity index (χ2v) is 7.85. The summed E-state index contributed by atoms with van der Waals surface area (Å²) in [6, 6.07) is -0.391. The van der Waals surface area contributed by atoms with Gasteiger partial charge in [0.15, 0.2) is 11.5 Å². The van der Waals surface area contributed by atoms with Crippen molar-refractivity contribution in [2.45, 2.75) is 59.7 Å². The van der Waals surface area contributed by atoms with E-state index in [1.165, 1.54) is 5.06 Å². The largest absolute Gasteiger partial charge is 0.434 e. The number of rotatable bonds is 6. The van der Waals surface area contributed by atoms with Gasteiger partial charge in [-0.1, -0.05) is 40.2 Å². The quantitative estimate of drug-likeness (QED) is 0.689. The predicted molar refractivity (Wildman–Crippen MR) is 104 cm³/mol. The number of ketones is 1. The topological polar surface area (TPSA) is 69.6 Å². The van der Waals surface area contributed by atoms with Crippen LogP contribution in [0.1, 0.15) is 63.5 Å². The average Bonchev–Trinajstić information content (AvgIpc) is 2.61. The van der Waals surface area contributed by atoms with Crippen LogP contribution in [-0.2, 0) is 6.18 Å². The van der Waals surface area contributed by atoms with E-state index in [9.17, 15) is 23.2 Å². The van der Waals surface area contributed by atoms with Gasteiger partial charge < -0.3 is 4.90 Å². The number of halogens is 3. The van der Waals surface area contributed by atoms with Gasteiger partial charge in [-0.2, -0.15) is 13.2 Å². The number of carbonyl (C=O) groups excluding carboxylic acids is 1. The molecule has 1 aromatic heterocycles. The summed E-state index contributed by atoms with van der Waals surface area (Å²) in [7, 11) is 0. The third kappa shape index (κ3) is 5.26. The van der Waals surface area contributed by atoms with Gasteiger partial charge >= 0.3 is 6.18 Å². The Hall–Kier alpha value is -2.16. The zero-order valence-electron chi connectivity index (χ0n) is 17.5. The van der Waals surface area contributed by atoms with Crippen LogP contribution in [0, 0.1) is 11.8 Å². The normalized spacial score (nSPS) is 20.5. The highest BCUT2D eigenvalue weighted by molar-refractivity contribution is 5.95. The summed E-state index contributed by atoms with van der Waals surface area (Å²) in [5.74, 6) is -0.644. The molecule has 0 aliphatic carbocycles. The predicted octanol–water partition coefficient (Wildman–Crippen LogP) is 4.55.